The highest BCUT2D eigenvalue weighted by Gasteiger charge is 2.46. The number of aliphatic imine (C=N–C) groups is 1. The molecule has 31 heavy (non-hydrogen) atoms. The van der Waals surface area contributed by atoms with Crippen LogP contribution in [0.4, 0.5) is 0 Å². The molecule has 1 amide bonds. The van der Waals surface area contributed by atoms with Crippen LogP contribution in [0.2, 0.25) is 0 Å². The van der Waals surface area contributed by atoms with Gasteiger partial charge in [0, 0.05) is 18.5 Å². The van der Waals surface area contributed by atoms with Crippen molar-refractivity contribution in [1.82, 2.24) is 9.80 Å². The van der Waals surface area contributed by atoms with Gasteiger partial charge in [-0.1, -0.05) is 67.2 Å². The first kappa shape index (κ1) is 20.9. The number of carbonyl (C=O) groups is 1. The molecule has 0 bridgehead atoms. The van der Waals surface area contributed by atoms with E-state index >= 15 is 0 Å². The fraction of sp³-hybridized carbons (Fsp3) is 0.280. The molecule has 1 saturated heterocycles. The lowest BCUT2D eigenvalue weighted by Crippen LogP contribution is -2.62. The van der Waals surface area contributed by atoms with E-state index in [-0.39, 0.29) is 47.6 Å². The van der Waals surface area contributed by atoms with Gasteiger partial charge in [0.05, 0.1) is 12.6 Å². The molecule has 6 nitrogen and oxygen atoms in total. The summed E-state index contributed by atoms with van der Waals surface area (Å²) in [4.78, 5) is 21.5. The third kappa shape index (κ3) is 3.64. The summed E-state index contributed by atoms with van der Waals surface area (Å²) in [7, 11) is 0. The van der Waals surface area contributed by atoms with Crippen LogP contribution in [0, 0.1) is 0 Å². The van der Waals surface area contributed by atoms with Crippen LogP contribution in [0.3, 0.4) is 0 Å². The van der Waals surface area contributed by atoms with E-state index in [1.165, 1.54) is 0 Å². The Hall–Kier alpha value is -3.38. The number of fused-ring (bicyclic) bond motifs is 1. The van der Waals surface area contributed by atoms with Crippen LogP contribution in [0.5, 0.6) is 0 Å². The number of amides is 1. The number of hydrogen-bond acceptors (Lipinski definition) is 5. The second kappa shape index (κ2) is 8.40. The molecule has 160 valence electrons. The topological polar surface area (TPSA) is 82.2 Å². The van der Waals surface area contributed by atoms with Gasteiger partial charge in [0.1, 0.15) is 11.5 Å². The maximum Gasteiger partial charge on any atom is 0.274 e. The minimum absolute atomic E-state index is 0.0295. The fourth-order valence-electron chi connectivity index (χ4n) is 4.51. The maximum absolute atomic E-state index is 13.4. The Morgan fingerprint density at radius 2 is 1.65 bits per heavy atom. The van der Waals surface area contributed by atoms with Crippen molar-refractivity contribution in [3.63, 3.8) is 0 Å². The lowest BCUT2D eigenvalue weighted by atomic mass is 9.82. The third-order valence-electron chi connectivity index (χ3n) is 5.97. The van der Waals surface area contributed by atoms with Crippen LogP contribution in [-0.4, -0.2) is 51.8 Å². The van der Waals surface area contributed by atoms with Gasteiger partial charge < -0.3 is 20.6 Å². The number of carbonyl (C=O) groups excluding carboxylic acids is 1. The predicted molar refractivity (Wildman–Crippen MR) is 122 cm³/mol. The Bertz CT molecular complexity index is 1000. The molecule has 0 unspecified atom stereocenters. The van der Waals surface area contributed by atoms with E-state index in [9.17, 15) is 9.90 Å². The zero-order valence-electron chi connectivity index (χ0n) is 17.9. The molecule has 2 aromatic carbocycles. The Labute approximate surface area is 183 Å². The first-order chi connectivity index (χ1) is 14.9. The molecule has 1 atom stereocenters. The summed E-state index contributed by atoms with van der Waals surface area (Å²) in [6.07, 6.45) is 0. The Morgan fingerprint density at radius 1 is 1.10 bits per heavy atom. The number of benzene rings is 2. The van der Waals surface area contributed by atoms with Crippen LogP contribution in [0.15, 0.2) is 89.4 Å². The van der Waals surface area contributed by atoms with Crippen molar-refractivity contribution in [3.05, 3.63) is 95.5 Å². The number of hydrogen-bond donors (Lipinski definition) is 2. The van der Waals surface area contributed by atoms with Crippen molar-refractivity contribution >= 4 is 11.7 Å². The fourth-order valence-corrected chi connectivity index (χ4v) is 4.51. The second-order valence-electron chi connectivity index (χ2n) is 8.16. The van der Waals surface area contributed by atoms with Gasteiger partial charge in [-0.3, -0.25) is 4.79 Å². The summed E-state index contributed by atoms with van der Waals surface area (Å²) in [5.41, 5.74) is 8.68. The molecule has 2 heterocycles. The SMILES string of the molecule is C=C1N=C(CN)N2C(=C1O)C(=O)N(C(C)C)C[C@@H]2C(c1ccccc1)c1ccccc1. The van der Waals surface area contributed by atoms with Crippen molar-refractivity contribution in [2.45, 2.75) is 31.8 Å². The second-order valence-corrected chi connectivity index (χ2v) is 8.16. The number of aliphatic hydroxyl groups excluding tert-OH is 1. The zero-order chi connectivity index (χ0) is 22.1. The Balaban J connectivity index is 1.93. The molecule has 2 aliphatic heterocycles. The van der Waals surface area contributed by atoms with E-state index in [1.54, 1.807) is 4.90 Å². The van der Waals surface area contributed by atoms with Crippen molar-refractivity contribution in [2.75, 3.05) is 13.1 Å². The average molecular weight is 417 g/mol. The summed E-state index contributed by atoms with van der Waals surface area (Å²) < 4.78 is 0. The molecule has 4 rings (SSSR count). The highest BCUT2D eigenvalue weighted by molar-refractivity contribution is 6.03. The van der Waals surface area contributed by atoms with E-state index < -0.39 is 0 Å². The minimum atomic E-state index is -0.231. The summed E-state index contributed by atoms with van der Waals surface area (Å²) in [6, 6.07) is 20.2. The molecule has 2 aliphatic rings. The van der Waals surface area contributed by atoms with Gasteiger partial charge in [0.2, 0.25) is 0 Å². The van der Waals surface area contributed by atoms with Crippen LogP contribution in [-0.2, 0) is 4.79 Å². The number of amidine groups is 1. The zero-order valence-corrected chi connectivity index (χ0v) is 17.9. The van der Waals surface area contributed by atoms with Crippen LogP contribution >= 0.6 is 0 Å². The maximum atomic E-state index is 13.4. The average Bonchev–Trinajstić information content (AvgIpc) is 2.78. The van der Waals surface area contributed by atoms with Crippen LogP contribution in [0.1, 0.15) is 30.9 Å². The molecule has 6 heteroatoms. The first-order valence-electron chi connectivity index (χ1n) is 10.5. The largest absolute Gasteiger partial charge is 0.504 e. The van der Waals surface area contributed by atoms with E-state index in [4.69, 9.17) is 5.73 Å². The van der Waals surface area contributed by atoms with Crippen molar-refractivity contribution < 1.29 is 9.90 Å². The normalized spacial score (nSPS) is 19.3. The van der Waals surface area contributed by atoms with Crippen molar-refractivity contribution in [1.29, 1.82) is 0 Å². The van der Waals surface area contributed by atoms with E-state index in [1.807, 2.05) is 55.1 Å². The minimum Gasteiger partial charge on any atom is -0.504 e. The van der Waals surface area contributed by atoms with Crippen LogP contribution < -0.4 is 5.73 Å². The summed E-state index contributed by atoms with van der Waals surface area (Å²) in [5, 5.41) is 10.8. The monoisotopic (exact) mass is 416 g/mol. The number of piperazine rings is 1. The summed E-state index contributed by atoms with van der Waals surface area (Å²) in [6.45, 7) is 8.41. The lowest BCUT2D eigenvalue weighted by Gasteiger charge is -2.49. The molecule has 0 aromatic heterocycles. The number of aliphatic hydroxyl groups is 1. The molecular formula is C25H28N4O2. The molecular weight excluding hydrogens is 388 g/mol. The van der Waals surface area contributed by atoms with Crippen molar-refractivity contribution in [2.24, 2.45) is 10.7 Å². The Morgan fingerprint density at radius 3 is 2.13 bits per heavy atom. The molecule has 1 fully saturated rings. The molecule has 0 saturated carbocycles. The van der Waals surface area contributed by atoms with Crippen LogP contribution in [0.25, 0.3) is 0 Å². The number of nitrogens with two attached hydrogens (primary N) is 1. The van der Waals surface area contributed by atoms with E-state index in [2.05, 4.69) is 35.8 Å². The molecule has 0 radical (unpaired) electrons. The standard InChI is InChI=1S/C25H28N4O2/c1-16(2)28-15-20(29-21(14-26)27-17(3)24(30)23(29)25(28)31)22(18-10-6-4-7-11-18)19-12-8-5-9-13-19/h4-13,16,20,22,30H,3,14-15,26H2,1-2H3/t20-/m1/s1. The number of nitrogens with zero attached hydrogens (tertiary/aromatic N) is 3. The lowest BCUT2D eigenvalue weighted by molar-refractivity contribution is -0.134. The third-order valence-corrected chi connectivity index (χ3v) is 5.97. The predicted octanol–water partition coefficient (Wildman–Crippen LogP) is 3.39. The van der Waals surface area contributed by atoms with Gasteiger partial charge in [-0.15, -0.1) is 0 Å². The van der Waals surface area contributed by atoms with Crippen molar-refractivity contribution in [3.8, 4) is 0 Å². The quantitative estimate of drug-likeness (QED) is 0.783. The number of rotatable bonds is 5. The summed E-state index contributed by atoms with van der Waals surface area (Å²) >= 11 is 0. The highest BCUT2D eigenvalue weighted by atomic mass is 16.3. The van der Waals surface area contributed by atoms with Gasteiger partial charge in [-0.2, -0.15) is 0 Å². The molecule has 3 N–H and O–H groups in total. The van der Waals surface area contributed by atoms with E-state index in [0.717, 1.165) is 11.1 Å². The first-order valence-corrected chi connectivity index (χ1v) is 10.5. The van der Waals surface area contributed by atoms with Gasteiger partial charge in [-0.05, 0) is 25.0 Å². The van der Waals surface area contributed by atoms with Gasteiger partial charge in [0.25, 0.3) is 5.91 Å². The molecule has 0 spiro atoms. The smallest absolute Gasteiger partial charge is 0.274 e. The summed E-state index contributed by atoms with van der Waals surface area (Å²) in [5.74, 6) is 0.0575. The molecule has 2 aromatic rings. The highest BCUT2D eigenvalue weighted by Crippen LogP contribution is 2.39. The Kier molecular flexibility index (Phi) is 5.65. The van der Waals surface area contributed by atoms with Gasteiger partial charge in [0.15, 0.2) is 11.5 Å². The van der Waals surface area contributed by atoms with Gasteiger partial charge >= 0.3 is 0 Å². The van der Waals surface area contributed by atoms with Gasteiger partial charge in [-0.25, -0.2) is 4.99 Å². The van der Waals surface area contributed by atoms with E-state index in [0.29, 0.717) is 12.4 Å². The molecule has 0 aliphatic carbocycles.